The first-order valence-electron chi connectivity index (χ1n) is 16.5. The second kappa shape index (κ2) is 19.8. The quantitative estimate of drug-likeness (QED) is 0.0726. The largest absolute Gasteiger partial charge is 0.481 e. The second-order valence-electron chi connectivity index (χ2n) is 12.6. The minimum atomic E-state index is -0.899. The van der Waals surface area contributed by atoms with E-state index in [0.717, 1.165) is 51.4 Å². The van der Waals surface area contributed by atoms with Crippen molar-refractivity contribution in [1.29, 1.82) is 0 Å². The average molecular weight is 637 g/mol. The first-order valence-corrected chi connectivity index (χ1v) is 16.5. The number of ketones is 2. The summed E-state index contributed by atoms with van der Waals surface area (Å²) in [5.41, 5.74) is 1.02. The number of unbranched alkanes of at least 4 members (excludes halogenated alkanes) is 4. The Labute approximate surface area is 273 Å². The van der Waals surface area contributed by atoms with Gasteiger partial charge in [0.05, 0.1) is 24.7 Å². The number of ether oxygens (including phenoxy) is 1. The van der Waals surface area contributed by atoms with Gasteiger partial charge in [-0.2, -0.15) is 0 Å². The lowest BCUT2D eigenvalue weighted by atomic mass is 9.87. The van der Waals surface area contributed by atoms with Crippen LogP contribution in [-0.2, 0) is 19.1 Å². The van der Waals surface area contributed by atoms with E-state index in [1.165, 1.54) is 7.11 Å². The Bertz CT molecular complexity index is 1280. The molecule has 0 aliphatic heterocycles. The lowest BCUT2D eigenvalue weighted by molar-refractivity contribution is -0.141. The van der Waals surface area contributed by atoms with Gasteiger partial charge in [0, 0.05) is 35.8 Å². The molecule has 2 aromatic carbocycles. The molecule has 0 saturated heterocycles. The molecule has 1 aliphatic rings. The van der Waals surface area contributed by atoms with Crippen LogP contribution in [0.15, 0.2) is 66.7 Å². The predicted octanol–water partition coefficient (Wildman–Crippen LogP) is 7.06. The van der Waals surface area contributed by atoms with Crippen LogP contribution >= 0.6 is 0 Å². The molecule has 5 atom stereocenters. The van der Waals surface area contributed by atoms with Crippen molar-refractivity contribution in [1.82, 2.24) is 0 Å². The van der Waals surface area contributed by atoms with Crippen LogP contribution in [0, 0.1) is 11.8 Å². The molecular formula is C38H52O8. The fourth-order valence-corrected chi connectivity index (χ4v) is 5.67. The molecule has 3 N–H and O–H groups in total. The predicted molar refractivity (Wildman–Crippen MR) is 179 cm³/mol. The first kappa shape index (κ1) is 38.6. The van der Waals surface area contributed by atoms with E-state index in [0.29, 0.717) is 29.5 Å². The smallest absolute Gasteiger partial charge is 0.310 e. The highest BCUT2D eigenvalue weighted by Crippen LogP contribution is 2.35. The molecule has 0 bridgehead atoms. The molecule has 2 aromatic rings. The summed E-state index contributed by atoms with van der Waals surface area (Å²) in [5.74, 6) is -1.92. The van der Waals surface area contributed by atoms with E-state index >= 15 is 0 Å². The zero-order chi connectivity index (χ0) is 34.1. The minimum absolute atomic E-state index is 0.0972. The third-order valence-corrected chi connectivity index (χ3v) is 8.65. The zero-order valence-corrected chi connectivity index (χ0v) is 27.8. The lowest BCUT2D eigenvalue weighted by Crippen LogP contribution is -2.23. The topological polar surface area (TPSA) is 138 Å². The van der Waals surface area contributed by atoms with Gasteiger partial charge in [0.15, 0.2) is 5.78 Å². The molecule has 3 rings (SSSR count). The van der Waals surface area contributed by atoms with Crippen molar-refractivity contribution in [2.75, 3.05) is 7.11 Å². The van der Waals surface area contributed by atoms with Gasteiger partial charge >= 0.3 is 11.9 Å². The van der Waals surface area contributed by atoms with Crippen molar-refractivity contribution < 1.29 is 39.2 Å². The van der Waals surface area contributed by atoms with E-state index in [-0.39, 0.29) is 35.8 Å². The van der Waals surface area contributed by atoms with Crippen LogP contribution in [0.1, 0.15) is 119 Å². The Kier molecular flexibility index (Phi) is 16.6. The fourth-order valence-electron chi connectivity index (χ4n) is 5.67. The zero-order valence-electron chi connectivity index (χ0n) is 27.8. The molecule has 8 heteroatoms. The average Bonchev–Trinajstić information content (AvgIpc) is 3.32. The van der Waals surface area contributed by atoms with Gasteiger partial charge in [-0.15, -0.1) is 0 Å². The molecule has 252 valence electrons. The van der Waals surface area contributed by atoms with Gasteiger partial charge in [0.2, 0.25) is 0 Å². The molecule has 0 heterocycles. The number of benzene rings is 2. The first-order chi connectivity index (χ1) is 21.9. The summed E-state index contributed by atoms with van der Waals surface area (Å²) in [5, 5.41) is 29.6. The van der Waals surface area contributed by atoms with Gasteiger partial charge < -0.3 is 20.1 Å². The van der Waals surface area contributed by atoms with E-state index in [4.69, 9.17) is 5.11 Å². The van der Waals surface area contributed by atoms with Crippen LogP contribution in [0.5, 0.6) is 0 Å². The standard InChI is InChI=1S/C22H38O5.C16H14O3/c1-4-5-14-22(2,26)15-10-12-18-17(19(23)16-20(18)24)11-8-6-7-9-13-21(25)27-3;1-11(16(18)19)13-8-5-9-14(10-13)15(17)12-6-3-2-4-7-12/h10,12,17-18,20,24,26H,4-9,11,13-16H2,1-3H3;2-11H,1H3,(H,18,19)/b12-10+;/t17-,18-,20-,22?;/m1./s1. The van der Waals surface area contributed by atoms with Gasteiger partial charge in [-0.3, -0.25) is 19.2 Å². The Hall–Kier alpha value is -3.62. The van der Waals surface area contributed by atoms with E-state index in [9.17, 15) is 29.4 Å². The number of Topliss-reactive ketones (excluding diaryl/α,β-unsaturated/α-hetero) is 1. The fraction of sp³-hybridized carbons (Fsp3) is 0.526. The molecular weight excluding hydrogens is 584 g/mol. The molecule has 1 aliphatic carbocycles. The molecule has 8 nitrogen and oxygen atoms in total. The highest BCUT2D eigenvalue weighted by atomic mass is 16.5. The van der Waals surface area contributed by atoms with Gasteiger partial charge in [-0.05, 0) is 51.2 Å². The number of hydrogen-bond donors (Lipinski definition) is 3. The maximum absolute atomic E-state index is 12.2. The Morgan fingerprint density at radius 1 is 1.00 bits per heavy atom. The van der Waals surface area contributed by atoms with Gasteiger partial charge in [0.1, 0.15) is 5.78 Å². The summed E-state index contributed by atoms with van der Waals surface area (Å²) in [6.07, 6.45) is 11.7. The van der Waals surface area contributed by atoms with Gasteiger partial charge in [-0.1, -0.05) is 99.7 Å². The summed E-state index contributed by atoms with van der Waals surface area (Å²) < 4.78 is 4.62. The van der Waals surface area contributed by atoms with Crippen molar-refractivity contribution >= 4 is 23.5 Å². The van der Waals surface area contributed by atoms with Crippen molar-refractivity contribution in [3.63, 3.8) is 0 Å². The van der Waals surface area contributed by atoms with E-state index in [1.54, 1.807) is 55.5 Å². The van der Waals surface area contributed by atoms with E-state index in [2.05, 4.69) is 11.7 Å². The molecule has 0 aromatic heterocycles. The molecule has 2 unspecified atom stereocenters. The Morgan fingerprint density at radius 2 is 1.67 bits per heavy atom. The normalized spacial score (nSPS) is 19.6. The molecule has 1 fully saturated rings. The number of aliphatic carboxylic acids is 1. The molecule has 0 amide bonds. The van der Waals surface area contributed by atoms with Crippen LogP contribution in [0.25, 0.3) is 0 Å². The van der Waals surface area contributed by atoms with Crippen molar-refractivity contribution in [2.24, 2.45) is 11.8 Å². The molecule has 0 radical (unpaired) electrons. The number of hydrogen-bond acceptors (Lipinski definition) is 7. The number of aliphatic hydroxyl groups is 2. The third kappa shape index (κ3) is 13.0. The molecule has 0 spiro atoms. The summed E-state index contributed by atoms with van der Waals surface area (Å²) in [6.45, 7) is 5.55. The van der Waals surface area contributed by atoms with Gasteiger partial charge in [-0.25, -0.2) is 0 Å². The van der Waals surface area contributed by atoms with E-state index in [1.807, 2.05) is 25.1 Å². The number of carboxylic acid groups (broad SMARTS) is 1. The maximum atomic E-state index is 12.2. The van der Waals surface area contributed by atoms with Crippen molar-refractivity contribution in [3.8, 4) is 0 Å². The number of carbonyl (C=O) groups is 4. The van der Waals surface area contributed by atoms with Crippen LogP contribution in [0.4, 0.5) is 0 Å². The summed E-state index contributed by atoms with van der Waals surface area (Å²) in [4.78, 5) is 46.5. The number of carbonyl (C=O) groups excluding carboxylic acids is 3. The van der Waals surface area contributed by atoms with Crippen LogP contribution < -0.4 is 0 Å². The highest BCUT2D eigenvalue weighted by molar-refractivity contribution is 6.09. The number of esters is 1. The second-order valence-corrected chi connectivity index (χ2v) is 12.6. The number of methoxy groups -OCH3 is 1. The third-order valence-electron chi connectivity index (χ3n) is 8.65. The van der Waals surface area contributed by atoms with Crippen LogP contribution in [-0.4, -0.2) is 57.6 Å². The summed E-state index contributed by atoms with van der Waals surface area (Å²) >= 11 is 0. The van der Waals surface area contributed by atoms with Crippen molar-refractivity contribution in [2.45, 2.75) is 109 Å². The maximum Gasteiger partial charge on any atom is 0.310 e. The van der Waals surface area contributed by atoms with E-state index < -0.39 is 23.6 Å². The monoisotopic (exact) mass is 636 g/mol. The summed E-state index contributed by atoms with van der Waals surface area (Å²) in [7, 11) is 1.40. The molecule has 1 saturated carbocycles. The van der Waals surface area contributed by atoms with Gasteiger partial charge in [0.25, 0.3) is 0 Å². The minimum Gasteiger partial charge on any atom is -0.481 e. The highest BCUT2D eigenvalue weighted by Gasteiger charge is 2.39. The van der Waals surface area contributed by atoms with Crippen LogP contribution in [0.2, 0.25) is 0 Å². The number of aliphatic hydroxyl groups excluding tert-OH is 1. The Balaban J connectivity index is 0.000000339. The number of rotatable bonds is 17. The summed E-state index contributed by atoms with van der Waals surface area (Å²) in [6, 6.07) is 15.7. The van der Waals surface area contributed by atoms with Crippen LogP contribution in [0.3, 0.4) is 0 Å². The Morgan fingerprint density at radius 3 is 2.33 bits per heavy atom. The molecule has 46 heavy (non-hydrogen) atoms. The number of carboxylic acids is 1. The SMILES string of the molecule is CC(C(=O)O)c1cccc(C(=O)c2ccccc2)c1.CCCCC(C)(O)C/C=C/[C@H]1[C@H](O)CC(=O)[C@@H]1CCCCCCC(=O)OC. The van der Waals surface area contributed by atoms with Crippen molar-refractivity contribution in [3.05, 3.63) is 83.4 Å². The lowest BCUT2D eigenvalue weighted by Gasteiger charge is -2.22.